The van der Waals surface area contributed by atoms with Gasteiger partial charge in [0.05, 0.1) is 11.2 Å². The second-order valence-electron chi connectivity index (χ2n) is 7.86. The molecule has 31 heavy (non-hydrogen) atoms. The van der Waals surface area contributed by atoms with Crippen LogP contribution in [-0.4, -0.2) is 10.1 Å². The van der Waals surface area contributed by atoms with E-state index < -0.39 is 5.60 Å². The lowest BCUT2D eigenvalue weighted by Gasteiger charge is -2.28. The average molecular weight is 420 g/mol. The fourth-order valence-electron chi connectivity index (χ4n) is 4.81. The van der Waals surface area contributed by atoms with Crippen molar-refractivity contribution in [3.05, 3.63) is 125 Å². The lowest BCUT2D eigenvalue weighted by Crippen LogP contribution is -2.26. The van der Waals surface area contributed by atoms with Gasteiger partial charge < -0.3 is 5.11 Å². The molecule has 1 atom stereocenters. The topological polar surface area (TPSA) is 33.1 Å². The van der Waals surface area contributed by atoms with Gasteiger partial charge in [0.2, 0.25) is 0 Å². The molecule has 1 aliphatic carbocycles. The van der Waals surface area contributed by atoms with Crippen LogP contribution in [0.15, 0.2) is 103 Å². The van der Waals surface area contributed by atoms with E-state index in [1.165, 1.54) is 0 Å². The number of fused-ring (bicyclic) bond motifs is 5. The van der Waals surface area contributed by atoms with E-state index in [0.29, 0.717) is 5.02 Å². The number of halogens is 1. The Morgan fingerprint density at radius 3 is 2.19 bits per heavy atom. The summed E-state index contributed by atoms with van der Waals surface area (Å²) in [7, 11) is 0. The second-order valence-corrected chi connectivity index (χ2v) is 8.30. The molecule has 0 bridgehead atoms. The highest BCUT2D eigenvalue weighted by Gasteiger charge is 2.45. The van der Waals surface area contributed by atoms with Gasteiger partial charge in [-0.05, 0) is 29.3 Å². The van der Waals surface area contributed by atoms with Crippen molar-refractivity contribution >= 4 is 22.5 Å². The van der Waals surface area contributed by atoms with E-state index in [2.05, 4.69) is 18.2 Å². The van der Waals surface area contributed by atoms with Gasteiger partial charge >= 0.3 is 0 Å². The minimum atomic E-state index is -1.30. The van der Waals surface area contributed by atoms with Crippen molar-refractivity contribution in [1.29, 1.82) is 0 Å². The molecular weight excluding hydrogens is 402 g/mol. The van der Waals surface area contributed by atoms with Crippen molar-refractivity contribution in [2.45, 2.75) is 5.60 Å². The van der Waals surface area contributed by atoms with Gasteiger partial charge in [-0.25, -0.2) is 4.98 Å². The van der Waals surface area contributed by atoms with Crippen molar-refractivity contribution < 1.29 is 5.11 Å². The fraction of sp³-hybridized carbons (Fsp3) is 0.0357. The first-order valence-corrected chi connectivity index (χ1v) is 10.6. The number of nitrogens with zero attached hydrogens (tertiary/aromatic N) is 1. The molecule has 0 aliphatic heterocycles. The highest BCUT2D eigenvalue weighted by atomic mass is 35.5. The van der Waals surface area contributed by atoms with Gasteiger partial charge in [0.1, 0.15) is 5.60 Å². The Balaban J connectivity index is 1.84. The smallest absolute Gasteiger partial charge is 0.142 e. The first kappa shape index (κ1) is 18.3. The van der Waals surface area contributed by atoms with Gasteiger partial charge in [0, 0.05) is 32.7 Å². The summed E-state index contributed by atoms with van der Waals surface area (Å²) in [5.74, 6) is 0. The molecule has 0 amide bonds. The Bertz CT molecular complexity index is 1450. The van der Waals surface area contributed by atoms with Crippen LogP contribution in [0.25, 0.3) is 33.3 Å². The van der Waals surface area contributed by atoms with Crippen molar-refractivity contribution in [3.8, 4) is 22.4 Å². The predicted molar refractivity (Wildman–Crippen MR) is 126 cm³/mol. The Morgan fingerprint density at radius 2 is 1.42 bits per heavy atom. The van der Waals surface area contributed by atoms with Crippen LogP contribution in [-0.2, 0) is 5.60 Å². The zero-order chi connectivity index (χ0) is 21.0. The van der Waals surface area contributed by atoms with E-state index in [0.717, 1.165) is 50.0 Å². The highest BCUT2D eigenvalue weighted by molar-refractivity contribution is 6.31. The Hall–Kier alpha value is -3.46. The predicted octanol–water partition coefficient (Wildman–Crippen LogP) is 6.82. The van der Waals surface area contributed by atoms with Crippen LogP contribution in [0.3, 0.4) is 0 Å². The monoisotopic (exact) mass is 419 g/mol. The van der Waals surface area contributed by atoms with Gasteiger partial charge in [0.15, 0.2) is 0 Å². The number of benzene rings is 4. The largest absolute Gasteiger partial charge is 0.376 e. The van der Waals surface area contributed by atoms with Crippen LogP contribution in [0.2, 0.25) is 5.02 Å². The standard InChI is InChI=1S/C28H18ClNO/c29-20-15-16-24-22(17-20)26-25(27(30-24)18-9-3-1-4-10-18)21-13-7-8-14-23(21)28(26,31)19-11-5-2-6-12-19/h1-17,31H. The molecule has 0 saturated heterocycles. The Morgan fingerprint density at radius 1 is 0.742 bits per heavy atom. The summed E-state index contributed by atoms with van der Waals surface area (Å²) in [6.07, 6.45) is 0. The molecule has 5 aromatic rings. The van der Waals surface area contributed by atoms with Crippen LogP contribution >= 0.6 is 11.6 Å². The maximum atomic E-state index is 12.5. The van der Waals surface area contributed by atoms with Crippen LogP contribution < -0.4 is 0 Å². The molecule has 0 spiro atoms. The van der Waals surface area contributed by atoms with Crippen LogP contribution in [0, 0.1) is 0 Å². The van der Waals surface area contributed by atoms with Crippen LogP contribution in [0.4, 0.5) is 0 Å². The summed E-state index contributed by atoms with van der Waals surface area (Å²) < 4.78 is 0. The molecule has 1 unspecified atom stereocenters. The molecule has 1 heterocycles. The summed E-state index contributed by atoms with van der Waals surface area (Å²) in [5.41, 5.74) is 5.88. The zero-order valence-corrected chi connectivity index (χ0v) is 17.3. The first-order valence-electron chi connectivity index (χ1n) is 10.2. The van der Waals surface area contributed by atoms with Crippen LogP contribution in [0.5, 0.6) is 0 Å². The Kier molecular flexibility index (Phi) is 4.01. The molecular formula is C28H18ClNO. The van der Waals surface area contributed by atoms with Gasteiger partial charge in [-0.15, -0.1) is 0 Å². The van der Waals surface area contributed by atoms with E-state index in [-0.39, 0.29) is 0 Å². The number of aromatic nitrogens is 1. The van der Waals surface area contributed by atoms with Crippen LogP contribution in [0.1, 0.15) is 16.7 Å². The summed E-state index contributed by atoms with van der Waals surface area (Å²) >= 11 is 6.42. The summed E-state index contributed by atoms with van der Waals surface area (Å²) in [6, 6.07) is 33.7. The van der Waals surface area contributed by atoms with Crippen molar-refractivity contribution in [2.75, 3.05) is 0 Å². The molecule has 0 fully saturated rings. The number of pyridine rings is 1. The van der Waals surface area contributed by atoms with Gasteiger partial charge in [-0.3, -0.25) is 0 Å². The van der Waals surface area contributed by atoms with E-state index in [9.17, 15) is 5.11 Å². The lowest BCUT2D eigenvalue weighted by molar-refractivity contribution is 0.132. The van der Waals surface area contributed by atoms with E-state index in [1.807, 2.05) is 84.9 Å². The molecule has 0 radical (unpaired) electrons. The molecule has 1 N–H and O–H groups in total. The maximum Gasteiger partial charge on any atom is 0.142 e. The molecule has 148 valence electrons. The summed E-state index contributed by atoms with van der Waals surface area (Å²) in [6.45, 7) is 0. The van der Waals surface area contributed by atoms with E-state index in [1.54, 1.807) is 0 Å². The lowest BCUT2D eigenvalue weighted by atomic mass is 9.82. The molecule has 2 nitrogen and oxygen atoms in total. The summed E-state index contributed by atoms with van der Waals surface area (Å²) in [4.78, 5) is 5.05. The molecule has 4 aromatic carbocycles. The molecule has 6 rings (SSSR count). The van der Waals surface area contributed by atoms with Gasteiger partial charge in [-0.2, -0.15) is 0 Å². The summed E-state index contributed by atoms with van der Waals surface area (Å²) in [5, 5.41) is 13.9. The van der Waals surface area contributed by atoms with Gasteiger partial charge in [0.25, 0.3) is 0 Å². The quantitative estimate of drug-likeness (QED) is 0.340. The number of hydrogen-bond donors (Lipinski definition) is 1. The van der Waals surface area contributed by atoms with Crippen molar-refractivity contribution in [3.63, 3.8) is 0 Å². The normalized spacial score (nSPS) is 16.8. The number of rotatable bonds is 2. The fourth-order valence-corrected chi connectivity index (χ4v) is 4.98. The molecule has 1 aromatic heterocycles. The minimum Gasteiger partial charge on any atom is -0.376 e. The maximum absolute atomic E-state index is 12.5. The molecule has 0 saturated carbocycles. The first-order chi connectivity index (χ1) is 15.2. The third-order valence-electron chi connectivity index (χ3n) is 6.13. The SMILES string of the molecule is OC1(c2ccccc2)c2ccccc2-c2c(-c3ccccc3)nc3ccc(Cl)cc3c21. The highest BCUT2D eigenvalue weighted by Crippen LogP contribution is 2.55. The molecule has 1 aliphatic rings. The third-order valence-corrected chi connectivity index (χ3v) is 6.37. The minimum absolute atomic E-state index is 0.621. The van der Waals surface area contributed by atoms with Crippen molar-refractivity contribution in [2.24, 2.45) is 0 Å². The van der Waals surface area contributed by atoms with E-state index >= 15 is 0 Å². The van der Waals surface area contributed by atoms with E-state index in [4.69, 9.17) is 16.6 Å². The molecule has 3 heteroatoms. The number of hydrogen-bond acceptors (Lipinski definition) is 2. The number of aliphatic hydroxyl groups is 1. The second kappa shape index (κ2) is 6.78. The zero-order valence-electron chi connectivity index (χ0n) is 16.6. The average Bonchev–Trinajstić information content (AvgIpc) is 3.10. The third kappa shape index (κ3) is 2.59. The Labute approximate surface area is 185 Å². The van der Waals surface area contributed by atoms with Gasteiger partial charge in [-0.1, -0.05) is 96.5 Å². The van der Waals surface area contributed by atoms with Crippen molar-refractivity contribution in [1.82, 2.24) is 4.98 Å².